The topological polar surface area (TPSA) is 59.1 Å². The third-order valence-corrected chi connectivity index (χ3v) is 6.06. The van der Waals surface area contributed by atoms with Gasteiger partial charge in [-0.1, -0.05) is 72.8 Å². The van der Waals surface area contributed by atoms with E-state index in [1.807, 2.05) is 89.8 Å². The zero-order valence-electron chi connectivity index (χ0n) is 20.0. The van der Waals surface area contributed by atoms with Crippen LogP contribution in [-0.4, -0.2) is 54.4 Å². The van der Waals surface area contributed by atoms with Crippen LogP contribution in [0.5, 0.6) is 5.75 Å². The van der Waals surface area contributed by atoms with Gasteiger partial charge in [0, 0.05) is 26.2 Å². The molecule has 0 bridgehead atoms. The molecule has 0 aromatic heterocycles. The van der Waals surface area contributed by atoms with Crippen LogP contribution in [0, 0.1) is 0 Å². The monoisotopic (exact) mass is 472 g/mol. The Morgan fingerprint density at radius 2 is 1.34 bits per heavy atom. The first-order chi connectivity index (χ1) is 17.2. The Balaban J connectivity index is 1.19. The number of carbonyl (C=O) groups excluding carboxylic acids is 2. The second-order valence-electron chi connectivity index (χ2n) is 8.75. The molecule has 0 N–H and O–H groups in total. The Bertz CT molecular complexity index is 1070. The van der Waals surface area contributed by atoms with E-state index in [9.17, 15) is 9.59 Å². The van der Waals surface area contributed by atoms with Crippen LogP contribution >= 0.6 is 0 Å². The van der Waals surface area contributed by atoms with Gasteiger partial charge in [0.05, 0.1) is 13.0 Å². The van der Waals surface area contributed by atoms with Crippen molar-refractivity contribution in [2.45, 2.75) is 26.1 Å². The maximum Gasteiger partial charge on any atom is 0.320 e. The van der Waals surface area contributed by atoms with Gasteiger partial charge in [0.15, 0.2) is 0 Å². The second-order valence-corrected chi connectivity index (χ2v) is 8.75. The van der Waals surface area contributed by atoms with Gasteiger partial charge in [-0.15, -0.1) is 0 Å². The number of carbonyl (C=O) groups is 2. The summed E-state index contributed by atoms with van der Waals surface area (Å²) in [4.78, 5) is 29.1. The molecule has 0 radical (unpaired) electrons. The predicted molar refractivity (Wildman–Crippen MR) is 135 cm³/mol. The van der Waals surface area contributed by atoms with E-state index in [4.69, 9.17) is 9.47 Å². The average molecular weight is 473 g/mol. The molecule has 0 aliphatic carbocycles. The molecule has 0 atom stereocenters. The number of benzene rings is 3. The highest BCUT2D eigenvalue weighted by Gasteiger charge is 2.21. The van der Waals surface area contributed by atoms with E-state index >= 15 is 0 Å². The maximum atomic E-state index is 12.9. The molecule has 6 nitrogen and oxygen atoms in total. The summed E-state index contributed by atoms with van der Waals surface area (Å²) in [7, 11) is 0. The number of amides is 1. The molecule has 1 saturated heterocycles. The quantitative estimate of drug-likeness (QED) is 0.439. The summed E-state index contributed by atoms with van der Waals surface area (Å²) < 4.78 is 11.2. The minimum absolute atomic E-state index is 0.108. The van der Waals surface area contributed by atoms with Gasteiger partial charge in [0.1, 0.15) is 19.0 Å². The largest absolute Gasteiger partial charge is 0.489 e. The van der Waals surface area contributed by atoms with E-state index in [0.717, 1.165) is 35.4 Å². The van der Waals surface area contributed by atoms with Crippen LogP contribution in [-0.2, 0) is 34.0 Å². The van der Waals surface area contributed by atoms with Gasteiger partial charge in [-0.3, -0.25) is 14.5 Å². The van der Waals surface area contributed by atoms with Crippen molar-refractivity contribution in [3.63, 3.8) is 0 Å². The summed E-state index contributed by atoms with van der Waals surface area (Å²) in [5.41, 5.74) is 3.06. The number of ether oxygens (including phenoxy) is 2. The number of hydrogen-bond acceptors (Lipinski definition) is 5. The Morgan fingerprint density at radius 3 is 2.03 bits per heavy atom. The molecule has 182 valence electrons. The summed E-state index contributed by atoms with van der Waals surface area (Å²) in [5.74, 6) is 0.661. The van der Waals surface area contributed by atoms with Crippen LogP contribution in [0.25, 0.3) is 0 Å². The lowest BCUT2D eigenvalue weighted by Crippen LogP contribution is -2.37. The van der Waals surface area contributed by atoms with Crippen LogP contribution in [0.4, 0.5) is 0 Å². The molecule has 1 amide bonds. The highest BCUT2D eigenvalue weighted by molar-refractivity contribution is 5.79. The van der Waals surface area contributed by atoms with Crippen molar-refractivity contribution in [1.82, 2.24) is 9.80 Å². The molecule has 3 aromatic carbocycles. The van der Waals surface area contributed by atoms with Gasteiger partial charge in [0.2, 0.25) is 5.91 Å². The fraction of sp³-hybridized carbons (Fsp3) is 0.310. The zero-order valence-corrected chi connectivity index (χ0v) is 20.0. The molecular weight excluding hydrogens is 440 g/mol. The highest BCUT2D eigenvalue weighted by Crippen LogP contribution is 2.16. The van der Waals surface area contributed by atoms with E-state index in [-0.39, 0.29) is 25.0 Å². The van der Waals surface area contributed by atoms with Crippen LogP contribution in [0.1, 0.15) is 23.1 Å². The lowest BCUT2D eigenvalue weighted by atomic mass is 10.1. The second kappa shape index (κ2) is 12.7. The summed E-state index contributed by atoms with van der Waals surface area (Å²) in [5, 5.41) is 0. The number of rotatable bonds is 9. The van der Waals surface area contributed by atoms with Gasteiger partial charge in [-0.25, -0.2) is 0 Å². The molecule has 6 heteroatoms. The van der Waals surface area contributed by atoms with Crippen LogP contribution in [0.2, 0.25) is 0 Å². The van der Waals surface area contributed by atoms with Crippen molar-refractivity contribution in [1.29, 1.82) is 0 Å². The maximum absolute atomic E-state index is 12.9. The molecule has 0 unspecified atom stereocenters. The minimum atomic E-state index is -0.233. The number of esters is 1. The smallest absolute Gasteiger partial charge is 0.320 e. The van der Waals surface area contributed by atoms with E-state index in [0.29, 0.717) is 32.7 Å². The molecule has 1 heterocycles. The van der Waals surface area contributed by atoms with Crippen molar-refractivity contribution < 1.29 is 19.1 Å². The summed E-state index contributed by atoms with van der Waals surface area (Å²) in [6.45, 7) is 3.81. The molecule has 1 aliphatic heterocycles. The lowest BCUT2D eigenvalue weighted by molar-refractivity contribution is -0.146. The standard InChI is InChI=1S/C29H32N2O4/c32-28(20-24-12-14-27(15-13-24)34-22-25-8-3-1-4-9-25)31-17-7-16-30(18-19-31)21-29(33)35-23-26-10-5-2-6-11-26/h1-6,8-15H,7,16-23H2. The summed E-state index contributed by atoms with van der Waals surface area (Å²) in [6, 6.07) is 27.4. The zero-order chi connectivity index (χ0) is 24.3. The van der Waals surface area contributed by atoms with E-state index in [1.54, 1.807) is 0 Å². The van der Waals surface area contributed by atoms with Gasteiger partial charge in [-0.2, -0.15) is 0 Å². The average Bonchev–Trinajstić information content (AvgIpc) is 3.14. The Hall–Kier alpha value is -3.64. The van der Waals surface area contributed by atoms with Crippen molar-refractivity contribution in [2.75, 3.05) is 32.7 Å². The van der Waals surface area contributed by atoms with Crippen molar-refractivity contribution in [2.24, 2.45) is 0 Å². The van der Waals surface area contributed by atoms with E-state index in [1.165, 1.54) is 0 Å². The highest BCUT2D eigenvalue weighted by atomic mass is 16.5. The summed E-state index contributed by atoms with van der Waals surface area (Å²) in [6.07, 6.45) is 1.20. The third-order valence-electron chi connectivity index (χ3n) is 6.06. The number of nitrogens with zero attached hydrogens (tertiary/aromatic N) is 2. The molecule has 0 saturated carbocycles. The lowest BCUT2D eigenvalue weighted by Gasteiger charge is -2.21. The molecule has 3 aromatic rings. The Morgan fingerprint density at radius 1 is 0.686 bits per heavy atom. The Labute approximate surface area is 207 Å². The van der Waals surface area contributed by atoms with Crippen molar-refractivity contribution in [3.05, 3.63) is 102 Å². The molecule has 1 aliphatic rings. The van der Waals surface area contributed by atoms with E-state index in [2.05, 4.69) is 4.90 Å². The first kappa shape index (κ1) is 24.5. The van der Waals surface area contributed by atoms with E-state index < -0.39 is 0 Å². The number of hydrogen-bond donors (Lipinski definition) is 0. The predicted octanol–water partition coefficient (Wildman–Crippen LogP) is 4.09. The first-order valence-electron chi connectivity index (χ1n) is 12.1. The molecule has 4 rings (SSSR count). The van der Waals surface area contributed by atoms with Gasteiger partial charge >= 0.3 is 5.97 Å². The fourth-order valence-electron chi connectivity index (χ4n) is 4.08. The SMILES string of the molecule is O=C(CN1CCCN(C(=O)Cc2ccc(OCc3ccccc3)cc2)CC1)OCc1ccccc1. The minimum Gasteiger partial charge on any atom is -0.489 e. The first-order valence-corrected chi connectivity index (χ1v) is 12.1. The van der Waals surface area contributed by atoms with Crippen LogP contribution < -0.4 is 4.74 Å². The normalized spacial score (nSPS) is 14.2. The molecular formula is C29H32N2O4. The van der Waals surface area contributed by atoms with Gasteiger partial charge in [0.25, 0.3) is 0 Å². The fourth-order valence-corrected chi connectivity index (χ4v) is 4.08. The van der Waals surface area contributed by atoms with Crippen LogP contribution in [0.15, 0.2) is 84.9 Å². The molecule has 1 fully saturated rings. The van der Waals surface area contributed by atoms with Crippen LogP contribution in [0.3, 0.4) is 0 Å². The van der Waals surface area contributed by atoms with Crippen molar-refractivity contribution in [3.8, 4) is 5.75 Å². The van der Waals surface area contributed by atoms with Gasteiger partial charge in [-0.05, 0) is 35.2 Å². The summed E-state index contributed by atoms with van der Waals surface area (Å²) >= 11 is 0. The third kappa shape index (κ3) is 7.97. The van der Waals surface area contributed by atoms with Gasteiger partial charge < -0.3 is 14.4 Å². The van der Waals surface area contributed by atoms with Crippen molar-refractivity contribution >= 4 is 11.9 Å². The molecule has 35 heavy (non-hydrogen) atoms. The molecule has 0 spiro atoms. The Kier molecular flexibility index (Phi) is 8.90.